The molecule has 0 rings (SSSR count). The van der Waals surface area contributed by atoms with Crippen LogP contribution in [-0.4, -0.2) is 52.3 Å². The molecule has 0 aromatic rings. The molecule has 0 amide bonds. The third kappa shape index (κ3) is 8.32. The highest BCUT2D eigenvalue weighted by atomic mass is 28.4. The lowest BCUT2D eigenvalue weighted by atomic mass is 9.74. The Morgan fingerprint density at radius 1 is 0.600 bits per heavy atom. The van der Waals surface area contributed by atoms with Crippen LogP contribution in [0.5, 0.6) is 0 Å². The Labute approximate surface area is 190 Å². The first kappa shape index (κ1) is 30.3. The summed E-state index contributed by atoms with van der Waals surface area (Å²) in [5, 5.41) is 21.4. The minimum Gasteiger partial charge on any atom is -0.416 e. The molecule has 0 saturated carbocycles. The van der Waals surface area contributed by atoms with Crippen molar-refractivity contribution in [3.63, 3.8) is 0 Å². The fourth-order valence-corrected chi connectivity index (χ4v) is 5.37. The summed E-state index contributed by atoms with van der Waals surface area (Å²) < 4.78 is 13.0. The van der Waals surface area contributed by atoms with E-state index in [2.05, 4.69) is 81.6 Å². The van der Waals surface area contributed by atoms with E-state index in [9.17, 15) is 10.2 Å². The maximum atomic E-state index is 10.6. The molecule has 0 bridgehead atoms. The topological polar surface area (TPSA) is 58.9 Å². The largest absolute Gasteiger partial charge is 0.416 e. The van der Waals surface area contributed by atoms with E-state index in [4.69, 9.17) is 8.85 Å². The van der Waals surface area contributed by atoms with E-state index >= 15 is 0 Å². The van der Waals surface area contributed by atoms with Crippen molar-refractivity contribution in [2.75, 3.05) is 13.2 Å². The maximum Gasteiger partial charge on any atom is 0.191 e. The van der Waals surface area contributed by atoms with Gasteiger partial charge < -0.3 is 19.1 Å². The summed E-state index contributed by atoms with van der Waals surface area (Å²) in [7, 11) is -3.77. The van der Waals surface area contributed by atoms with E-state index in [0.717, 1.165) is 0 Å². The van der Waals surface area contributed by atoms with Gasteiger partial charge in [-0.25, -0.2) is 0 Å². The SMILES string of the molecule is C[C@H]([C@H](C)[C@@H](CO[Si](C)(C)C(C)(C)C)[C@@H](C)O)[C@H](CO[Si](C)(C)C(C)(C)C)[C@H](C)O. The molecule has 0 unspecified atom stereocenters. The smallest absolute Gasteiger partial charge is 0.191 e. The summed E-state index contributed by atoms with van der Waals surface area (Å²) in [5.41, 5.74) is 0. The van der Waals surface area contributed by atoms with Gasteiger partial charge in [-0.05, 0) is 61.9 Å². The van der Waals surface area contributed by atoms with Crippen LogP contribution in [0.2, 0.25) is 36.3 Å². The van der Waals surface area contributed by atoms with Crippen LogP contribution >= 0.6 is 0 Å². The van der Waals surface area contributed by atoms with E-state index in [1.807, 2.05) is 13.8 Å². The van der Waals surface area contributed by atoms with Crippen LogP contribution in [0.1, 0.15) is 69.2 Å². The van der Waals surface area contributed by atoms with Gasteiger partial charge in [0.25, 0.3) is 0 Å². The summed E-state index contributed by atoms with van der Waals surface area (Å²) in [6.45, 7) is 31.7. The molecule has 0 fully saturated rings. The molecule has 0 saturated heterocycles. The summed E-state index contributed by atoms with van der Waals surface area (Å²) in [4.78, 5) is 0. The molecular formula is C24H54O4Si2. The lowest BCUT2D eigenvalue weighted by molar-refractivity contribution is -0.0110. The van der Waals surface area contributed by atoms with Crippen LogP contribution in [0.3, 0.4) is 0 Å². The molecule has 0 spiro atoms. The van der Waals surface area contributed by atoms with Gasteiger partial charge in [-0.1, -0.05) is 55.4 Å². The van der Waals surface area contributed by atoms with Gasteiger partial charge >= 0.3 is 0 Å². The number of aliphatic hydroxyl groups excluding tert-OH is 2. The van der Waals surface area contributed by atoms with Gasteiger partial charge in [0, 0.05) is 25.0 Å². The van der Waals surface area contributed by atoms with Gasteiger partial charge in [-0.3, -0.25) is 0 Å². The highest BCUT2D eigenvalue weighted by molar-refractivity contribution is 6.74. The Balaban J connectivity index is 5.39. The highest BCUT2D eigenvalue weighted by Gasteiger charge is 2.41. The molecule has 2 N–H and O–H groups in total. The van der Waals surface area contributed by atoms with Crippen molar-refractivity contribution in [3.05, 3.63) is 0 Å². The maximum absolute atomic E-state index is 10.6. The van der Waals surface area contributed by atoms with Crippen LogP contribution in [-0.2, 0) is 8.85 Å². The predicted octanol–water partition coefficient (Wildman–Crippen LogP) is 6.30. The number of hydrogen-bond acceptors (Lipinski definition) is 4. The molecule has 0 aromatic carbocycles. The second-order valence-electron chi connectivity index (χ2n) is 12.7. The normalized spacial score (nSPS) is 20.4. The Morgan fingerprint density at radius 3 is 1.00 bits per heavy atom. The number of hydrogen-bond donors (Lipinski definition) is 2. The zero-order valence-electron chi connectivity index (χ0n) is 22.6. The van der Waals surface area contributed by atoms with Gasteiger partial charge in [-0.15, -0.1) is 0 Å². The van der Waals surface area contributed by atoms with Crippen LogP contribution in [0, 0.1) is 23.7 Å². The first-order valence-electron chi connectivity index (χ1n) is 11.8. The van der Waals surface area contributed by atoms with Gasteiger partial charge in [0.05, 0.1) is 12.2 Å². The van der Waals surface area contributed by atoms with Crippen molar-refractivity contribution < 1.29 is 19.1 Å². The van der Waals surface area contributed by atoms with Crippen LogP contribution in [0.25, 0.3) is 0 Å². The molecule has 182 valence electrons. The second-order valence-corrected chi connectivity index (χ2v) is 22.3. The van der Waals surface area contributed by atoms with Crippen molar-refractivity contribution >= 4 is 16.6 Å². The molecule has 4 nitrogen and oxygen atoms in total. The average Bonchev–Trinajstić information content (AvgIpc) is 2.51. The first-order chi connectivity index (χ1) is 13.2. The lowest BCUT2D eigenvalue weighted by Crippen LogP contribution is -2.46. The molecule has 0 aromatic heterocycles. The Hall–Kier alpha value is 0.274. The summed E-state index contributed by atoms with van der Waals surface area (Å²) >= 11 is 0. The fraction of sp³-hybridized carbons (Fsp3) is 1.00. The van der Waals surface area contributed by atoms with E-state index in [-0.39, 0.29) is 33.7 Å². The van der Waals surface area contributed by atoms with Gasteiger partial charge in [-0.2, -0.15) is 0 Å². The molecule has 0 aliphatic rings. The van der Waals surface area contributed by atoms with Crippen LogP contribution in [0.15, 0.2) is 0 Å². The summed E-state index contributed by atoms with van der Waals surface area (Å²) in [6.07, 6.45) is -0.911. The monoisotopic (exact) mass is 462 g/mol. The third-order valence-electron chi connectivity index (χ3n) is 8.30. The molecule has 0 aliphatic carbocycles. The summed E-state index contributed by atoms with van der Waals surface area (Å²) in [5.74, 6) is 0.473. The van der Waals surface area contributed by atoms with Crippen molar-refractivity contribution in [1.82, 2.24) is 0 Å². The number of aliphatic hydroxyl groups is 2. The molecule has 6 heteroatoms. The first-order valence-corrected chi connectivity index (χ1v) is 17.6. The zero-order chi connectivity index (χ0) is 24.3. The van der Waals surface area contributed by atoms with E-state index in [1.165, 1.54) is 0 Å². The average molecular weight is 463 g/mol. The lowest BCUT2D eigenvalue weighted by Gasteiger charge is -2.42. The highest BCUT2D eigenvalue weighted by Crippen LogP contribution is 2.40. The van der Waals surface area contributed by atoms with Crippen LogP contribution < -0.4 is 0 Å². The standard InChI is InChI=1S/C24H54O4Si2/c1-17(21(19(3)25)15-27-29(11,12)23(5,6)7)18(2)22(20(4)26)16-28-30(13,14)24(8,9)10/h17-22,25-26H,15-16H2,1-14H3/t17-,18+,19+,20-,21+,22-. The Morgan fingerprint density at radius 2 is 0.833 bits per heavy atom. The van der Waals surface area contributed by atoms with Crippen molar-refractivity contribution in [2.45, 2.75) is 118 Å². The van der Waals surface area contributed by atoms with Crippen molar-refractivity contribution in [2.24, 2.45) is 23.7 Å². The molecule has 0 heterocycles. The Kier molecular flexibility index (Phi) is 11.0. The van der Waals surface area contributed by atoms with E-state index in [1.54, 1.807) is 0 Å². The van der Waals surface area contributed by atoms with E-state index in [0.29, 0.717) is 13.2 Å². The van der Waals surface area contributed by atoms with Gasteiger partial charge in [0.1, 0.15) is 0 Å². The minimum atomic E-state index is -1.88. The summed E-state index contributed by atoms with van der Waals surface area (Å²) in [6, 6.07) is 0. The molecule has 30 heavy (non-hydrogen) atoms. The quantitative estimate of drug-likeness (QED) is 0.354. The minimum absolute atomic E-state index is 0.0308. The van der Waals surface area contributed by atoms with Crippen molar-refractivity contribution in [1.29, 1.82) is 0 Å². The molecule has 6 atom stereocenters. The third-order valence-corrected chi connectivity index (χ3v) is 17.3. The predicted molar refractivity (Wildman–Crippen MR) is 135 cm³/mol. The molecule has 0 radical (unpaired) electrons. The van der Waals surface area contributed by atoms with Gasteiger partial charge in [0.15, 0.2) is 16.6 Å². The van der Waals surface area contributed by atoms with Gasteiger partial charge in [0.2, 0.25) is 0 Å². The second kappa shape index (κ2) is 10.9. The molecular weight excluding hydrogens is 408 g/mol. The van der Waals surface area contributed by atoms with Crippen LogP contribution in [0.4, 0.5) is 0 Å². The van der Waals surface area contributed by atoms with E-state index < -0.39 is 28.8 Å². The fourth-order valence-electron chi connectivity index (χ4n) is 3.28. The number of rotatable bonds is 11. The molecule has 0 aliphatic heterocycles. The Bertz CT molecular complexity index is 458. The van der Waals surface area contributed by atoms with Crippen molar-refractivity contribution in [3.8, 4) is 0 Å². The zero-order valence-corrected chi connectivity index (χ0v) is 24.6.